The van der Waals surface area contributed by atoms with E-state index in [4.69, 9.17) is 14.2 Å². The smallest absolute Gasteiger partial charge is 0.412 e. The number of fused-ring (bicyclic) bond motifs is 1. The predicted octanol–water partition coefficient (Wildman–Crippen LogP) is 4.47. The molecule has 0 saturated heterocycles. The molecule has 5 nitrogen and oxygen atoms in total. The third kappa shape index (κ3) is 3.13. The van der Waals surface area contributed by atoms with Gasteiger partial charge in [0.05, 0.1) is 5.69 Å². The molecule has 5 heteroatoms. The summed E-state index contributed by atoms with van der Waals surface area (Å²) in [7, 11) is 0. The zero-order valence-electron chi connectivity index (χ0n) is 13.4. The van der Waals surface area contributed by atoms with Gasteiger partial charge in [0.15, 0.2) is 11.5 Å². The van der Waals surface area contributed by atoms with Gasteiger partial charge in [-0.3, -0.25) is 5.32 Å². The van der Waals surface area contributed by atoms with Crippen molar-refractivity contribution in [1.29, 1.82) is 0 Å². The number of nitrogens with one attached hydrogen (secondary N) is 1. The molecule has 120 valence electrons. The van der Waals surface area contributed by atoms with E-state index >= 15 is 0 Å². The summed E-state index contributed by atoms with van der Waals surface area (Å²) < 4.78 is 17.4. The van der Waals surface area contributed by atoms with Gasteiger partial charge in [-0.25, -0.2) is 4.79 Å². The Morgan fingerprint density at radius 3 is 2.59 bits per heavy atom. The number of amides is 1. The number of hydrogen-bond donors (Lipinski definition) is 1. The number of hydrogen-bond acceptors (Lipinski definition) is 4. The molecule has 1 amide bonds. The lowest BCUT2D eigenvalue weighted by atomic mass is 9.94. The predicted molar refractivity (Wildman–Crippen MR) is 83.4 cm³/mol. The summed E-state index contributed by atoms with van der Waals surface area (Å²) in [5, 5.41) is 2.75. The molecule has 0 unspecified atom stereocenters. The molecule has 1 heterocycles. The molecule has 2 aliphatic rings. The van der Waals surface area contributed by atoms with Gasteiger partial charge in [-0.1, -0.05) is 12.5 Å². The van der Waals surface area contributed by atoms with Crippen LogP contribution in [0, 0.1) is 0 Å². The minimum Gasteiger partial charge on any atom is -0.448 e. The van der Waals surface area contributed by atoms with Crippen LogP contribution in [0.25, 0.3) is 0 Å². The van der Waals surface area contributed by atoms with Crippen LogP contribution in [0.5, 0.6) is 11.5 Å². The van der Waals surface area contributed by atoms with Gasteiger partial charge >= 0.3 is 6.09 Å². The average molecular weight is 305 g/mol. The zero-order valence-corrected chi connectivity index (χ0v) is 13.4. The van der Waals surface area contributed by atoms with Crippen LogP contribution < -0.4 is 14.8 Å². The minimum absolute atomic E-state index is 0.492. The monoisotopic (exact) mass is 305 g/mol. The number of anilines is 1. The molecule has 1 fully saturated rings. The Balaban J connectivity index is 1.76. The second kappa shape index (κ2) is 5.38. The quantitative estimate of drug-likeness (QED) is 0.832. The summed E-state index contributed by atoms with van der Waals surface area (Å²) >= 11 is 0. The van der Waals surface area contributed by atoms with Crippen LogP contribution in [0.3, 0.4) is 0 Å². The normalized spacial score (nSPS) is 19.0. The summed E-state index contributed by atoms with van der Waals surface area (Å²) in [4.78, 5) is 12.0. The molecule has 0 radical (unpaired) electrons. The number of carbonyl (C=O) groups excluding carboxylic acids is 1. The van der Waals surface area contributed by atoms with Crippen LogP contribution in [0.15, 0.2) is 18.2 Å². The van der Waals surface area contributed by atoms with E-state index in [1.54, 1.807) is 6.07 Å². The molecule has 1 aliphatic heterocycles. The fourth-order valence-electron chi connectivity index (χ4n) is 2.92. The molecule has 1 spiro atoms. The van der Waals surface area contributed by atoms with Crippen molar-refractivity contribution in [1.82, 2.24) is 0 Å². The Morgan fingerprint density at radius 1 is 1.18 bits per heavy atom. The van der Waals surface area contributed by atoms with E-state index in [0.717, 1.165) is 25.7 Å². The molecule has 0 aromatic heterocycles. The third-order valence-corrected chi connectivity index (χ3v) is 3.81. The number of benzene rings is 1. The van der Waals surface area contributed by atoms with E-state index in [9.17, 15) is 4.79 Å². The number of para-hydroxylation sites is 1. The Bertz CT molecular complexity index is 571. The van der Waals surface area contributed by atoms with E-state index in [1.165, 1.54) is 6.42 Å². The van der Waals surface area contributed by atoms with E-state index in [2.05, 4.69) is 5.32 Å². The fraction of sp³-hybridized carbons (Fsp3) is 0.588. The van der Waals surface area contributed by atoms with Crippen molar-refractivity contribution in [3.63, 3.8) is 0 Å². The molecule has 1 aromatic rings. The highest BCUT2D eigenvalue weighted by atomic mass is 16.7. The number of carbonyl (C=O) groups is 1. The van der Waals surface area contributed by atoms with Crippen molar-refractivity contribution in [3.05, 3.63) is 18.2 Å². The van der Waals surface area contributed by atoms with Gasteiger partial charge in [0, 0.05) is 12.8 Å². The molecular weight excluding hydrogens is 282 g/mol. The lowest BCUT2D eigenvalue weighted by molar-refractivity contribution is -0.105. The highest BCUT2D eigenvalue weighted by Gasteiger charge is 2.43. The van der Waals surface area contributed by atoms with Crippen molar-refractivity contribution in [2.24, 2.45) is 0 Å². The molecule has 1 saturated carbocycles. The number of rotatable bonds is 1. The Hall–Kier alpha value is -1.91. The molecule has 1 aromatic carbocycles. The summed E-state index contributed by atoms with van der Waals surface area (Å²) in [5.41, 5.74) is 0.0541. The molecule has 1 aliphatic carbocycles. The maximum absolute atomic E-state index is 12.0. The Kier molecular flexibility index (Phi) is 3.67. The highest BCUT2D eigenvalue weighted by molar-refractivity contribution is 5.88. The van der Waals surface area contributed by atoms with Crippen molar-refractivity contribution in [2.75, 3.05) is 5.32 Å². The maximum atomic E-state index is 12.0. The lowest BCUT2D eigenvalue weighted by Gasteiger charge is -2.31. The van der Waals surface area contributed by atoms with Crippen LogP contribution in [-0.2, 0) is 4.74 Å². The van der Waals surface area contributed by atoms with Crippen LogP contribution in [0.4, 0.5) is 10.5 Å². The SMILES string of the molecule is CC(C)(C)OC(=O)Nc1cccc2c1OC1(CCCCC1)O2. The second-order valence-corrected chi connectivity index (χ2v) is 6.94. The van der Waals surface area contributed by atoms with Crippen LogP contribution in [-0.4, -0.2) is 17.5 Å². The van der Waals surface area contributed by atoms with Crippen molar-refractivity contribution in [2.45, 2.75) is 64.3 Å². The van der Waals surface area contributed by atoms with Gasteiger partial charge in [-0.2, -0.15) is 0 Å². The van der Waals surface area contributed by atoms with Crippen LogP contribution in [0.2, 0.25) is 0 Å². The van der Waals surface area contributed by atoms with Gasteiger partial charge < -0.3 is 14.2 Å². The van der Waals surface area contributed by atoms with E-state index < -0.39 is 17.5 Å². The molecule has 0 bridgehead atoms. The minimum atomic E-state index is -0.549. The first-order chi connectivity index (χ1) is 10.4. The second-order valence-electron chi connectivity index (χ2n) is 6.94. The molecule has 0 atom stereocenters. The highest BCUT2D eigenvalue weighted by Crippen LogP contribution is 2.49. The van der Waals surface area contributed by atoms with Gasteiger partial charge in [-0.05, 0) is 45.7 Å². The average Bonchev–Trinajstić information content (AvgIpc) is 2.76. The summed E-state index contributed by atoms with van der Waals surface area (Å²) in [6, 6.07) is 5.52. The lowest BCUT2D eigenvalue weighted by Crippen LogP contribution is -2.40. The van der Waals surface area contributed by atoms with Crippen LogP contribution >= 0.6 is 0 Å². The van der Waals surface area contributed by atoms with E-state index in [-0.39, 0.29) is 0 Å². The molecular formula is C17H23NO4. The zero-order chi connectivity index (χ0) is 15.8. The first kappa shape index (κ1) is 15.0. The summed E-state index contributed by atoms with van der Waals surface area (Å²) in [6.45, 7) is 5.50. The molecule has 3 rings (SSSR count). The van der Waals surface area contributed by atoms with E-state index in [1.807, 2.05) is 32.9 Å². The van der Waals surface area contributed by atoms with Gasteiger partial charge in [0.25, 0.3) is 5.79 Å². The molecule has 1 N–H and O–H groups in total. The van der Waals surface area contributed by atoms with Crippen molar-refractivity contribution >= 4 is 11.8 Å². The third-order valence-electron chi connectivity index (χ3n) is 3.81. The summed E-state index contributed by atoms with van der Waals surface area (Å²) in [5.74, 6) is 0.748. The van der Waals surface area contributed by atoms with Gasteiger partial charge in [-0.15, -0.1) is 0 Å². The maximum Gasteiger partial charge on any atom is 0.412 e. The van der Waals surface area contributed by atoms with Crippen molar-refractivity contribution in [3.8, 4) is 11.5 Å². The standard InChI is InChI=1S/C17H23NO4/c1-16(2,3)22-15(19)18-12-8-7-9-13-14(12)21-17(20-13)10-5-4-6-11-17/h7-9H,4-6,10-11H2,1-3H3,(H,18,19). The van der Waals surface area contributed by atoms with Gasteiger partial charge in [0.1, 0.15) is 5.60 Å². The topological polar surface area (TPSA) is 56.8 Å². The Morgan fingerprint density at radius 2 is 1.91 bits per heavy atom. The molecule has 22 heavy (non-hydrogen) atoms. The first-order valence-electron chi connectivity index (χ1n) is 7.88. The Labute approximate surface area is 130 Å². The summed E-state index contributed by atoms with van der Waals surface area (Å²) in [6.07, 6.45) is 4.69. The largest absolute Gasteiger partial charge is 0.448 e. The first-order valence-corrected chi connectivity index (χ1v) is 7.88. The van der Waals surface area contributed by atoms with Gasteiger partial charge in [0.2, 0.25) is 0 Å². The number of ether oxygens (including phenoxy) is 3. The fourth-order valence-corrected chi connectivity index (χ4v) is 2.92. The van der Waals surface area contributed by atoms with Crippen LogP contribution in [0.1, 0.15) is 52.9 Å². The van der Waals surface area contributed by atoms with E-state index in [0.29, 0.717) is 17.2 Å². The van der Waals surface area contributed by atoms with Crippen molar-refractivity contribution < 1.29 is 19.0 Å².